The molecule has 0 aromatic carbocycles. The summed E-state index contributed by atoms with van der Waals surface area (Å²) in [7, 11) is 0. The Hall–Kier alpha value is -1.69. The zero-order valence-electron chi connectivity index (χ0n) is 27.6. The largest absolute Gasteiger partial charge is 0.462 e. The van der Waals surface area contributed by atoms with Gasteiger partial charge in [0.2, 0.25) is 5.91 Å². The summed E-state index contributed by atoms with van der Waals surface area (Å²) in [5, 5.41) is 0. The van der Waals surface area contributed by atoms with Gasteiger partial charge < -0.3 is 14.4 Å². The number of esters is 1. The van der Waals surface area contributed by atoms with Gasteiger partial charge in [-0.15, -0.1) is 0 Å². The average Bonchev–Trinajstić information content (AvgIpc) is 2.92. The number of ether oxygens (including phenoxy) is 2. The van der Waals surface area contributed by atoms with Gasteiger partial charge in [-0.25, -0.2) is 0 Å². The lowest BCUT2D eigenvalue weighted by Crippen LogP contribution is -2.67. The Labute approximate surface area is 253 Å². The van der Waals surface area contributed by atoms with E-state index in [0.29, 0.717) is 38.0 Å². The molecule has 0 radical (unpaired) electrons. The van der Waals surface area contributed by atoms with E-state index in [0.717, 1.165) is 57.8 Å². The van der Waals surface area contributed by atoms with Crippen LogP contribution in [-0.2, 0) is 23.9 Å². The molecule has 5 fully saturated rings. The number of allylic oxidation sites excluding steroid dienone is 2. The first kappa shape index (κ1) is 30.3. The number of hydrogen-bond donors (Lipinski definition) is 0. The average molecular weight is 582 g/mol. The van der Waals surface area contributed by atoms with Crippen molar-refractivity contribution in [2.45, 2.75) is 119 Å². The molecule has 5 aliphatic carbocycles. The van der Waals surface area contributed by atoms with E-state index in [1.165, 1.54) is 12.5 Å². The van der Waals surface area contributed by atoms with Crippen molar-refractivity contribution < 1.29 is 23.9 Å². The molecule has 0 unspecified atom stereocenters. The van der Waals surface area contributed by atoms with Crippen molar-refractivity contribution in [3.8, 4) is 0 Å². The summed E-state index contributed by atoms with van der Waals surface area (Å²) in [5.74, 6) is 0.930. The minimum absolute atomic E-state index is 0.0376. The van der Waals surface area contributed by atoms with Gasteiger partial charge in [0, 0.05) is 36.8 Å². The minimum Gasteiger partial charge on any atom is -0.462 e. The fourth-order valence-corrected chi connectivity index (χ4v) is 11.9. The summed E-state index contributed by atoms with van der Waals surface area (Å²) in [6.07, 6.45) is 10.9. The monoisotopic (exact) mass is 581 g/mol. The second kappa shape index (κ2) is 9.65. The topological polar surface area (TPSA) is 72.9 Å². The van der Waals surface area contributed by atoms with Gasteiger partial charge in [-0.1, -0.05) is 54.0 Å². The van der Waals surface area contributed by atoms with Crippen molar-refractivity contribution in [2.24, 2.45) is 50.2 Å². The van der Waals surface area contributed by atoms with Gasteiger partial charge in [0.25, 0.3) is 0 Å². The highest BCUT2D eigenvalue weighted by atomic mass is 16.5. The first-order valence-electron chi connectivity index (χ1n) is 16.8. The van der Waals surface area contributed by atoms with Crippen LogP contribution in [-0.4, -0.2) is 55.0 Å². The fraction of sp³-hybridized carbons (Fsp3) is 0.861. The standard InChI is InChI=1S/C36H55NO5/c1-23(38)42-28-10-11-34(6)27(31(28,2)3)9-12-36(8)29(34)26(39)21-24-25-22-33(5,30(40)37-17-19-41-20-18-37)14-13-32(25,4)15-16-35(24,36)7/h21,25,27-29H,9-20,22H2,1-8H3/t25-,27+,28+,29+,32+,33+,34+,35-,36+/m0/s1. The van der Waals surface area contributed by atoms with Gasteiger partial charge >= 0.3 is 5.97 Å². The van der Waals surface area contributed by atoms with E-state index in [2.05, 4.69) is 54.5 Å². The zero-order chi connectivity index (χ0) is 30.5. The second-order valence-corrected chi connectivity index (χ2v) is 17.1. The molecule has 0 aromatic heterocycles. The Morgan fingerprint density at radius 1 is 0.905 bits per heavy atom. The summed E-state index contributed by atoms with van der Waals surface area (Å²) in [5.41, 5.74) is 0.573. The van der Waals surface area contributed by atoms with Crippen molar-refractivity contribution in [3.05, 3.63) is 11.6 Å². The third-order valence-corrected chi connectivity index (χ3v) is 14.6. The molecule has 1 amide bonds. The third-order valence-electron chi connectivity index (χ3n) is 14.6. The van der Waals surface area contributed by atoms with Crippen molar-refractivity contribution >= 4 is 17.7 Å². The Balaban J connectivity index is 1.36. The third kappa shape index (κ3) is 4.08. The van der Waals surface area contributed by atoms with E-state index in [4.69, 9.17) is 9.47 Å². The fourth-order valence-electron chi connectivity index (χ4n) is 11.9. The molecule has 4 saturated carbocycles. The Morgan fingerprint density at radius 3 is 2.24 bits per heavy atom. The number of carbonyl (C=O) groups is 3. The van der Waals surface area contributed by atoms with Crippen LogP contribution >= 0.6 is 0 Å². The number of morpholine rings is 1. The molecule has 6 aliphatic rings. The van der Waals surface area contributed by atoms with E-state index >= 15 is 0 Å². The molecular formula is C36H55NO5. The number of fused-ring (bicyclic) bond motifs is 7. The molecule has 234 valence electrons. The summed E-state index contributed by atoms with van der Waals surface area (Å²) >= 11 is 0. The van der Waals surface area contributed by atoms with Gasteiger partial charge in [-0.05, 0) is 97.4 Å². The van der Waals surface area contributed by atoms with Crippen LogP contribution in [0, 0.1) is 50.2 Å². The SMILES string of the molecule is CC(=O)O[C@@H]1CC[C@]2(C)[C@H](CC[C@]3(C)[C@@H]2C(=O)C=C2[C@@H]4C[C@](C)(C(=O)N5CCOCC5)CC[C@]4(C)CC[C@@]23C)C1(C)C. The van der Waals surface area contributed by atoms with Crippen molar-refractivity contribution in [3.63, 3.8) is 0 Å². The summed E-state index contributed by atoms with van der Waals surface area (Å²) in [6.45, 7) is 20.6. The lowest BCUT2D eigenvalue weighted by Gasteiger charge is -2.70. The predicted molar refractivity (Wildman–Crippen MR) is 162 cm³/mol. The maximum Gasteiger partial charge on any atom is 0.302 e. The number of amides is 1. The molecule has 1 saturated heterocycles. The predicted octanol–water partition coefficient (Wildman–Crippen LogP) is 6.76. The Morgan fingerprint density at radius 2 is 1.57 bits per heavy atom. The smallest absolute Gasteiger partial charge is 0.302 e. The molecule has 1 heterocycles. The highest BCUT2D eigenvalue weighted by Crippen LogP contribution is 2.75. The van der Waals surface area contributed by atoms with Crippen molar-refractivity contribution in [1.82, 2.24) is 4.90 Å². The van der Waals surface area contributed by atoms with Gasteiger partial charge in [0.15, 0.2) is 5.78 Å². The van der Waals surface area contributed by atoms with Gasteiger partial charge in [0.05, 0.1) is 13.2 Å². The van der Waals surface area contributed by atoms with Crippen LogP contribution in [0.1, 0.15) is 113 Å². The van der Waals surface area contributed by atoms with E-state index < -0.39 is 5.41 Å². The Bertz CT molecular complexity index is 1200. The first-order valence-corrected chi connectivity index (χ1v) is 16.8. The Kier molecular flexibility index (Phi) is 6.97. The first-order chi connectivity index (χ1) is 19.5. The lowest BCUT2D eigenvalue weighted by atomic mass is 9.33. The molecule has 42 heavy (non-hydrogen) atoms. The van der Waals surface area contributed by atoms with Gasteiger partial charge in [-0.2, -0.15) is 0 Å². The van der Waals surface area contributed by atoms with E-state index in [-0.39, 0.29) is 56.9 Å². The summed E-state index contributed by atoms with van der Waals surface area (Å²) in [6, 6.07) is 0. The van der Waals surface area contributed by atoms with Crippen LogP contribution in [0.15, 0.2) is 11.6 Å². The number of hydrogen-bond acceptors (Lipinski definition) is 5. The van der Waals surface area contributed by atoms with E-state index in [1.807, 2.05) is 4.90 Å². The van der Waals surface area contributed by atoms with Crippen LogP contribution < -0.4 is 0 Å². The minimum atomic E-state index is -0.399. The number of nitrogens with zero attached hydrogens (tertiary/aromatic N) is 1. The maximum absolute atomic E-state index is 14.6. The molecule has 6 nitrogen and oxygen atoms in total. The second-order valence-electron chi connectivity index (χ2n) is 17.1. The molecule has 6 heteroatoms. The van der Waals surface area contributed by atoms with Crippen molar-refractivity contribution in [1.29, 1.82) is 0 Å². The normalized spacial score (nSPS) is 48.1. The molecule has 0 N–H and O–H groups in total. The van der Waals surface area contributed by atoms with Crippen LogP contribution in [0.4, 0.5) is 0 Å². The highest BCUT2D eigenvalue weighted by molar-refractivity contribution is 5.95. The quantitative estimate of drug-likeness (QED) is 0.337. The molecule has 0 aromatic rings. The van der Waals surface area contributed by atoms with E-state index in [9.17, 15) is 14.4 Å². The van der Waals surface area contributed by atoms with Gasteiger partial charge in [-0.3, -0.25) is 14.4 Å². The molecule has 6 rings (SSSR count). The number of rotatable bonds is 2. The van der Waals surface area contributed by atoms with Gasteiger partial charge in [0.1, 0.15) is 6.10 Å². The van der Waals surface area contributed by atoms with Crippen LogP contribution in [0.5, 0.6) is 0 Å². The maximum atomic E-state index is 14.6. The van der Waals surface area contributed by atoms with Crippen LogP contribution in [0.25, 0.3) is 0 Å². The zero-order valence-corrected chi connectivity index (χ0v) is 27.6. The molecule has 0 spiro atoms. The molecule has 0 bridgehead atoms. The number of ketones is 1. The van der Waals surface area contributed by atoms with Crippen LogP contribution in [0.3, 0.4) is 0 Å². The number of carbonyl (C=O) groups excluding carboxylic acids is 3. The van der Waals surface area contributed by atoms with Crippen molar-refractivity contribution in [2.75, 3.05) is 26.3 Å². The van der Waals surface area contributed by atoms with Crippen LogP contribution in [0.2, 0.25) is 0 Å². The molecule has 1 aliphatic heterocycles. The molecular weight excluding hydrogens is 526 g/mol. The summed E-state index contributed by atoms with van der Waals surface area (Å²) in [4.78, 5) is 42.6. The highest BCUT2D eigenvalue weighted by Gasteiger charge is 2.70. The summed E-state index contributed by atoms with van der Waals surface area (Å²) < 4.78 is 11.4. The molecule has 9 atom stereocenters. The van der Waals surface area contributed by atoms with E-state index in [1.54, 1.807) is 0 Å². The lowest BCUT2D eigenvalue weighted by molar-refractivity contribution is -0.210.